The number of urea groups is 1. The molecule has 0 fully saturated rings. The van der Waals surface area contributed by atoms with Crippen molar-refractivity contribution in [1.82, 2.24) is 10.2 Å². The molecule has 0 aliphatic rings. The highest BCUT2D eigenvalue weighted by Gasteiger charge is 2.36. The molecule has 10 heteroatoms. The van der Waals surface area contributed by atoms with Gasteiger partial charge < -0.3 is 28.1 Å². The van der Waals surface area contributed by atoms with E-state index >= 15 is 0 Å². The molecule has 0 heterocycles. The summed E-state index contributed by atoms with van der Waals surface area (Å²) in [6.45, 7) is 0.406. The van der Waals surface area contributed by atoms with Crippen LogP contribution in [0.15, 0.2) is 0 Å². The summed E-state index contributed by atoms with van der Waals surface area (Å²) in [5, 5.41) is 2.63. The monoisotopic (exact) mass is 356 g/mol. The van der Waals surface area contributed by atoms with Crippen molar-refractivity contribution in [3.05, 3.63) is 0 Å². The van der Waals surface area contributed by atoms with Gasteiger partial charge in [0, 0.05) is 41.6 Å². The molecule has 1 N–H and O–H groups in total. The van der Waals surface area contributed by atoms with Crippen molar-refractivity contribution in [2.24, 2.45) is 0 Å². The number of rotatable bonds is 13. The second kappa shape index (κ2) is 13.1. The molecule has 0 aromatic rings. The standard InChI is InChI=1S/C12H28N2O6SSi/c1-16-9-13-12(15)14(10-17-2)11-21-7-6-8-22(18-3,19-4)20-5/h6-11H2,1-5H3,(H,13,15). The topological polar surface area (TPSA) is 78.5 Å². The van der Waals surface area contributed by atoms with E-state index in [-0.39, 0.29) is 19.5 Å². The summed E-state index contributed by atoms with van der Waals surface area (Å²) < 4.78 is 25.9. The van der Waals surface area contributed by atoms with Crippen molar-refractivity contribution in [2.75, 3.05) is 60.6 Å². The molecule has 0 spiro atoms. The zero-order chi connectivity index (χ0) is 16.8. The van der Waals surface area contributed by atoms with Crippen LogP contribution in [0.2, 0.25) is 6.04 Å². The number of ether oxygens (including phenoxy) is 2. The van der Waals surface area contributed by atoms with Gasteiger partial charge in [-0.15, -0.1) is 11.8 Å². The van der Waals surface area contributed by atoms with E-state index in [1.165, 1.54) is 7.11 Å². The summed E-state index contributed by atoms with van der Waals surface area (Å²) in [5.74, 6) is 1.40. The lowest BCUT2D eigenvalue weighted by Gasteiger charge is -2.24. The van der Waals surface area contributed by atoms with Crippen LogP contribution in [0.3, 0.4) is 0 Å². The van der Waals surface area contributed by atoms with Gasteiger partial charge in [0.2, 0.25) is 0 Å². The Morgan fingerprint density at radius 3 is 2.23 bits per heavy atom. The van der Waals surface area contributed by atoms with Gasteiger partial charge in [0.15, 0.2) is 0 Å². The molecule has 0 radical (unpaired) electrons. The highest BCUT2D eigenvalue weighted by Crippen LogP contribution is 2.17. The molecule has 0 aromatic heterocycles. The molecule has 0 aliphatic carbocycles. The van der Waals surface area contributed by atoms with E-state index < -0.39 is 8.80 Å². The molecule has 22 heavy (non-hydrogen) atoms. The number of amides is 2. The first-order chi connectivity index (χ1) is 10.6. The van der Waals surface area contributed by atoms with Crippen molar-refractivity contribution in [3.8, 4) is 0 Å². The van der Waals surface area contributed by atoms with Crippen molar-refractivity contribution in [1.29, 1.82) is 0 Å². The average Bonchev–Trinajstić information content (AvgIpc) is 2.55. The number of methoxy groups -OCH3 is 2. The summed E-state index contributed by atoms with van der Waals surface area (Å²) in [5.41, 5.74) is 0. The smallest absolute Gasteiger partial charge is 0.377 e. The Hall–Kier alpha value is -0.363. The third-order valence-electron chi connectivity index (χ3n) is 2.89. The zero-order valence-electron chi connectivity index (χ0n) is 14.0. The summed E-state index contributed by atoms with van der Waals surface area (Å²) in [4.78, 5) is 13.4. The van der Waals surface area contributed by atoms with Gasteiger partial charge in [-0.25, -0.2) is 4.79 Å². The van der Waals surface area contributed by atoms with Crippen LogP contribution in [0, 0.1) is 0 Å². The zero-order valence-corrected chi connectivity index (χ0v) is 15.9. The van der Waals surface area contributed by atoms with Crippen LogP contribution >= 0.6 is 11.8 Å². The Kier molecular flexibility index (Phi) is 12.9. The fraction of sp³-hybridized carbons (Fsp3) is 0.917. The maximum Gasteiger partial charge on any atom is 0.500 e. The Morgan fingerprint density at radius 2 is 1.73 bits per heavy atom. The highest BCUT2D eigenvalue weighted by molar-refractivity contribution is 7.99. The van der Waals surface area contributed by atoms with Crippen LogP contribution in [0.5, 0.6) is 0 Å². The number of nitrogens with one attached hydrogen (secondary N) is 1. The highest BCUT2D eigenvalue weighted by atomic mass is 32.2. The number of hydrogen-bond acceptors (Lipinski definition) is 7. The van der Waals surface area contributed by atoms with Crippen LogP contribution in [-0.4, -0.2) is 80.4 Å². The first-order valence-corrected chi connectivity index (χ1v) is 9.91. The predicted molar refractivity (Wildman–Crippen MR) is 87.7 cm³/mol. The molecule has 132 valence electrons. The van der Waals surface area contributed by atoms with Crippen LogP contribution < -0.4 is 5.32 Å². The van der Waals surface area contributed by atoms with Crippen molar-refractivity contribution >= 4 is 26.6 Å². The van der Waals surface area contributed by atoms with Gasteiger partial charge >= 0.3 is 14.8 Å². The van der Waals surface area contributed by atoms with Crippen molar-refractivity contribution in [3.63, 3.8) is 0 Å². The molecule has 2 amide bonds. The van der Waals surface area contributed by atoms with E-state index in [0.29, 0.717) is 5.88 Å². The van der Waals surface area contributed by atoms with Gasteiger partial charge in [0.25, 0.3) is 0 Å². The number of carbonyl (C=O) groups is 1. The number of nitrogens with zero attached hydrogens (tertiary/aromatic N) is 1. The van der Waals surface area contributed by atoms with Gasteiger partial charge in [-0.05, 0) is 12.2 Å². The molecular formula is C12H28N2O6SSi. The van der Waals surface area contributed by atoms with E-state index in [1.807, 2.05) is 0 Å². The van der Waals surface area contributed by atoms with E-state index in [9.17, 15) is 4.79 Å². The molecule has 0 unspecified atom stereocenters. The molecule has 0 aliphatic heterocycles. The normalized spacial score (nSPS) is 11.5. The van der Waals surface area contributed by atoms with Gasteiger partial charge in [0.05, 0.1) is 5.88 Å². The van der Waals surface area contributed by atoms with E-state index in [0.717, 1.165) is 18.2 Å². The minimum absolute atomic E-state index is 0.174. The molecule has 0 atom stereocenters. The molecule has 0 bridgehead atoms. The van der Waals surface area contributed by atoms with Crippen LogP contribution in [-0.2, 0) is 22.8 Å². The van der Waals surface area contributed by atoms with Crippen LogP contribution in [0.1, 0.15) is 6.42 Å². The predicted octanol–water partition coefficient (Wildman–Crippen LogP) is 1.16. The quantitative estimate of drug-likeness (QED) is 0.301. The number of thioether (sulfide) groups is 1. The second-order valence-electron chi connectivity index (χ2n) is 4.31. The fourth-order valence-electron chi connectivity index (χ4n) is 1.68. The first kappa shape index (κ1) is 21.6. The second-order valence-corrected chi connectivity index (χ2v) is 8.47. The van der Waals surface area contributed by atoms with Gasteiger partial charge in [-0.3, -0.25) is 4.90 Å². The molecule has 0 rings (SSSR count). The fourth-order valence-corrected chi connectivity index (χ4v) is 4.55. The third-order valence-corrected chi connectivity index (χ3v) is 6.80. The van der Waals surface area contributed by atoms with E-state index in [4.69, 9.17) is 22.8 Å². The minimum atomic E-state index is -2.50. The van der Waals surface area contributed by atoms with Gasteiger partial charge in [-0.1, -0.05) is 0 Å². The lowest BCUT2D eigenvalue weighted by atomic mass is 10.6. The molecule has 0 saturated carbocycles. The Morgan fingerprint density at radius 1 is 1.09 bits per heavy atom. The third kappa shape index (κ3) is 8.32. The lowest BCUT2D eigenvalue weighted by molar-refractivity contribution is 0.0871. The van der Waals surface area contributed by atoms with Crippen molar-refractivity contribution < 1.29 is 27.5 Å². The average molecular weight is 357 g/mol. The van der Waals surface area contributed by atoms with Crippen LogP contribution in [0.4, 0.5) is 4.79 Å². The van der Waals surface area contributed by atoms with Crippen LogP contribution in [0.25, 0.3) is 0 Å². The van der Waals surface area contributed by atoms with E-state index in [1.54, 1.807) is 45.1 Å². The van der Waals surface area contributed by atoms with Crippen molar-refractivity contribution in [2.45, 2.75) is 12.5 Å². The van der Waals surface area contributed by atoms with E-state index in [2.05, 4.69) is 5.32 Å². The Balaban J connectivity index is 4.05. The Labute approximate surface area is 138 Å². The lowest BCUT2D eigenvalue weighted by Crippen LogP contribution is -2.43. The minimum Gasteiger partial charge on any atom is -0.377 e. The van der Waals surface area contributed by atoms with Gasteiger partial charge in [-0.2, -0.15) is 0 Å². The SMILES string of the molecule is COCNC(=O)N(COC)CSCCC[Si](OC)(OC)OC. The first-order valence-electron chi connectivity index (χ1n) is 6.83. The van der Waals surface area contributed by atoms with Gasteiger partial charge in [0.1, 0.15) is 13.5 Å². The summed E-state index contributed by atoms with van der Waals surface area (Å²) in [6.07, 6.45) is 0.882. The molecular weight excluding hydrogens is 328 g/mol. The summed E-state index contributed by atoms with van der Waals surface area (Å²) in [7, 11) is 5.39. The molecule has 0 saturated heterocycles. The molecule has 8 nitrogen and oxygen atoms in total. The summed E-state index contributed by atoms with van der Waals surface area (Å²) >= 11 is 1.64. The largest absolute Gasteiger partial charge is 0.500 e. The maximum atomic E-state index is 11.8. The number of hydrogen-bond donors (Lipinski definition) is 1. The maximum absolute atomic E-state index is 11.8. The molecule has 0 aromatic carbocycles. The number of carbonyl (C=O) groups excluding carboxylic acids is 1. The Bertz CT molecular complexity index is 289. The summed E-state index contributed by atoms with van der Waals surface area (Å²) in [6, 6.07) is 0.523.